The first-order valence-electron chi connectivity index (χ1n) is 4.01. The molecule has 0 unspecified atom stereocenters. The van der Waals surface area contributed by atoms with Gasteiger partial charge in [0.25, 0.3) is 5.56 Å². The number of carboxylic acids is 1. The maximum atomic E-state index is 11.4. The lowest BCUT2D eigenvalue weighted by atomic mass is 10.2. The zero-order valence-electron chi connectivity index (χ0n) is 7.32. The van der Waals surface area contributed by atoms with E-state index in [4.69, 9.17) is 5.11 Å². The summed E-state index contributed by atoms with van der Waals surface area (Å²) in [5.74, 6) is -1.61. The number of carboxylic acid groups (broad SMARTS) is 1. The van der Waals surface area contributed by atoms with Gasteiger partial charge in [-0.1, -0.05) is 15.9 Å². The molecule has 0 atom stereocenters. The Bertz CT molecular complexity index is 606. The van der Waals surface area contributed by atoms with Gasteiger partial charge in [-0.25, -0.2) is 9.78 Å². The van der Waals surface area contributed by atoms with Crippen LogP contribution in [0.25, 0.3) is 10.9 Å². The van der Waals surface area contributed by atoms with Crippen LogP contribution in [0.5, 0.6) is 0 Å². The topological polar surface area (TPSA) is 83.0 Å². The van der Waals surface area contributed by atoms with Crippen molar-refractivity contribution < 1.29 is 9.90 Å². The van der Waals surface area contributed by atoms with Gasteiger partial charge >= 0.3 is 5.97 Å². The van der Waals surface area contributed by atoms with Gasteiger partial charge in [0.2, 0.25) is 5.82 Å². The molecule has 0 aliphatic rings. The standard InChI is InChI=1S/C9H5BrN2O3/c10-4-1-2-5-6(3-4)11-7(9(14)15)12-8(5)13/h1-3H,(H,14,15)(H,11,12,13). The second kappa shape index (κ2) is 3.47. The van der Waals surface area contributed by atoms with Crippen LogP contribution in [0, 0.1) is 0 Å². The minimum Gasteiger partial charge on any atom is -0.475 e. The molecule has 0 bridgehead atoms. The smallest absolute Gasteiger partial charge is 0.372 e. The highest BCUT2D eigenvalue weighted by molar-refractivity contribution is 9.10. The van der Waals surface area contributed by atoms with E-state index in [-0.39, 0.29) is 5.82 Å². The quantitative estimate of drug-likeness (QED) is 0.819. The number of benzene rings is 1. The summed E-state index contributed by atoms with van der Waals surface area (Å²) in [4.78, 5) is 28.1. The molecule has 76 valence electrons. The Labute approximate surface area is 91.9 Å². The van der Waals surface area contributed by atoms with E-state index in [2.05, 4.69) is 25.9 Å². The molecule has 15 heavy (non-hydrogen) atoms. The largest absolute Gasteiger partial charge is 0.475 e. The summed E-state index contributed by atoms with van der Waals surface area (Å²) in [5.41, 5.74) is -0.101. The van der Waals surface area contributed by atoms with Crippen molar-refractivity contribution in [1.29, 1.82) is 0 Å². The third-order valence-electron chi connectivity index (χ3n) is 1.87. The molecule has 2 N–H and O–H groups in total. The van der Waals surface area contributed by atoms with E-state index < -0.39 is 11.5 Å². The van der Waals surface area contributed by atoms with Crippen LogP contribution in [0.2, 0.25) is 0 Å². The van der Waals surface area contributed by atoms with Crippen molar-refractivity contribution in [3.05, 3.63) is 38.9 Å². The van der Waals surface area contributed by atoms with Gasteiger partial charge in [0.1, 0.15) is 0 Å². The van der Waals surface area contributed by atoms with E-state index in [1.165, 1.54) is 0 Å². The van der Waals surface area contributed by atoms with Crippen LogP contribution in [0.1, 0.15) is 10.6 Å². The van der Waals surface area contributed by atoms with Crippen LogP contribution in [0.3, 0.4) is 0 Å². The average Bonchev–Trinajstić information content (AvgIpc) is 2.16. The Kier molecular flexibility index (Phi) is 2.28. The zero-order valence-corrected chi connectivity index (χ0v) is 8.91. The number of nitrogens with one attached hydrogen (secondary N) is 1. The van der Waals surface area contributed by atoms with Gasteiger partial charge in [-0.2, -0.15) is 0 Å². The first kappa shape index (κ1) is 9.85. The van der Waals surface area contributed by atoms with E-state index in [0.29, 0.717) is 10.9 Å². The molecule has 1 aromatic carbocycles. The maximum absolute atomic E-state index is 11.4. The lowest BCUT2D eigenvalue weighted by molar-refractivity contribution is 0.0683. The highest BCUT2D eigenvalue weighted by Crippen LogP contribution is 2.15. The van der Waals surface area contributed by atoms with E-state index >= 15 is 0 Å². The van der Waals surface area contributed by atoms with Gasteiger partial charge in [0.15, 0.2) is 0 Å². The highest BCUT2D eigenvalue weighted by atomic mass is 79.9. The number of H-pyrrole nitrogens is 1. The SMILES string of the molecule is O=C(O)c1nc2cc(Br)ccc2c(=O)[nH]1. The van der Waals surface area contributed by atoms with Crippen molar-refractivity contribution in [2.24, 2.45) is 0 Å². The second-order valence-electron chi connectivity index (χ2n) is 2.88. The van der Waals surface area contributed by atoms with Crippen LogP contribution in [-0.4, -0.2) is 21.0 Å². The van der Waals surface area contributed by atoms with Gasteiger partial charge in [-0.05, 0) is 18.2 Å². The minimum atomic E-state index is -1.26. The van der Waals surface area contributed by atoms with Gasteiger partial charge in [0, 0.05) is 4.47 Å². The fourth-order valence-corrected chi connectivity index (χ4v) is 1.56. The number of hydrogen-bond acceptors (Lipinski definition) is 3. The molecule has 0 saturated carbocycles. The van der Waals surface area contributed by atoms with Crippen LogP contribution in [-0.2, 0) is 0 Å². The fourth-order valence-electron chi connectivity index (χ4n) is 1.21. The molecule has 1 heterocycles. The molecule has 2 aromatic rings. The summed E-state index contributed by atoms with van der Waals surface area (Å²) >= 11 is 3.22. The number of carbonyl (C=O) groups is 1. The summed E-state index contributed by atoms with van der Waals surface area (Å²) in [7, 11) is 0. The predicted octanol–water partition coefficient (Wildman–Crippen LogP) is 1.38. The third kappa shape index (κ3) is 1.75. The maximum Gasteiger partial charge on any atom is 0.372 e. The fraction of sp³-hybridized carbons (Fsp3) is 0. The predicted molar refractivity (Wildman–Crippen MR) is 57.0 cm³/mol. The van der Waals surface area contributed by atoms with Crippen LogP contribution in [0.15, 0.2) is 27.5 Å². The molecule has 0 radical (unpaired) electrons. The van der Waals surface area contributed by atoms with E-state index in [1.807, 2.05) is 0 Å². The Morgan fingerprint density at radius 1 is 1.47 bits per heavy atom. The second-order valence-corrected chi connectivity index (χ2v) is 3.80. The summed E-state index contributed by atoms with van der Waals surface area (Å²) in [6.45, 7) is 0. The molecule has 0 spiro atoms. The monoisotopic (exact) mass is 268 g/mol. The number of hydrogen-bond donors (Lipinski definition) is 2. The van der Waals surface area contributed by atoms with Gasteiger partial charge in [-0.15, -0.1) is 0 Å². The lowest BCUT2D eigenvalue weighted by Gasteiger charge is -1.98. The summed E-state index contributed by atoms with van der Waals surface area (Å²) in [5, 5.41) is 9.06. The first-order chi connectivity index (χ1) is 7.08. The van der Waals surface area contributed by atoms with E-state index in [1.54, 1.807) is 18.2 Å². The Morgan fingerprint density at radius 3 is 2.87 bits per heavy atom. The zero-order chi connectivity index (χ0) is 11.0. The summed E-state index contributed by atoms with van der Waals surface area (Å²) in [6.07, 6.45) is 0. The molecule has 2 rings (SSSR count). The minimum absolute atomic E-state index is 0.352. The van der Waals surface area contributed by atoms with Crippen molar-refractivity contribution in [2.75, 3.05) is 0 Å². The van der Waals surface area contributed by atoms with Crippen molar-refractivity contribution in [3.8, 4) is 0 Å². The van der Waals surface area contributed by atoms with E-state index in [0.717, 1.165) is 4.47 Å². The van der Waals surface area contributed by atoms with Crippen LogP contribution < -0.4 is 5.56 Å². The number of aromatic carboxylic acids is 1. The molecule has 5 nitrogen and oxygen atoms in total. The Morgan fingerprint density at radius 2 is 2.20 bits per heavy atom. The molecule has 1 aromatic heterocycles. The van der Waals surface area contributed by atoms with Crippen molar-refractivity contribution >= 4 is 32.8 Å². The molecule has 0 fully saturated rings. The molecule has 0 aliphatic carbocycles. The molecule has 0 amide bonds. The first-order valence-corrected chi connectivity index (χ1v) is 4.80. The average molecular weight is 269 g/mol. The van der Waals surface area contributed by atoms with Gasteiger partial charge in [0.05, 0.1) is 10.9 Å². The number of rotatable bonds is 1. The van der Waals surface area contributed by atoms with Crippen LogP contribution >= 0.6 is 15.9 Å². The molecule has 6 heteroatoms. The van der Waals surface area contributed by atoms with Crippen molar-refractivity contribution in [2.45, 2.75) is 0 Å². The summed E-state index contributed by atoms with van der Waals surface area (Å²) < 4.78 is 0.740. The highest BCUT2D eigenvalue weighted by Gasteiger charge is 2.09. The lowest BCUT2D eigenvalue weighted by Crippen LogP contribution is -2.15. The number of aromatic amines is 1. The van der Waals surface area contributed by atoms with Crippen molar-refractivity contribution in [3.63, 3.8) is 0 Å². The van der Waals surface area contributed by atoms with Crippen molar-refractivity contribution in [1.82, 2.24) is 9.97 Å². The number of nitrogens with zero attached hydrogens (tertiary/aromatic N) is 1. The third-order valence-corrected chi connectivity index (χ3v) is 2.36. The Hall–Kier alpha value is -1.69. The van der Waals surface area contributed by atoms with E-state index in [9.17, 15) is 9.59 Å². The Balaban J connectivity index is 2.85. The summed E-state index contributed by atoms with van der Waals surface area (Å²) in [6, 6.07) is 4.87. The normalized spacial score (nSPS) is 10.5. The van der Waals surface area contributed by atoms with Crippen LogP contribution in [0.4, 0.5) is 0 Å². The molecular formula is C9H5BrN2O3. The van der Waals surface area contributed by atoms with Gasteiger partial charge in [-0.3, -0.25) is 4.79 Å². The number of halogens is 1. The molecular weight excluding hydrogens is 264 g/mol. The number of fused-ring (bicyclic) bond motifs is 1. The molecule has 0 aliphatic heterocycles. The van der Waals surface area contributed by atoms with Gasteiger partial charge < -0.3 is 10.1 Å². The number of aromatic nitrogens is 2. The molecule has 0 saturated heterocycles.